The predicted molar refractivity (Wildman–Crippen MR) is 55.6 cm³/mol. The van der Waals surface area contributed by atoms with E-state index in [1.807, 2.05) is 18.4 Å². The summed E-state index contributed by atoms with van der Waals surface area (Å²) < 4.78 is 1.06. The Morgan fingerprint density at radius 2 is 2.33 bits per heavy atom. The monoisotopic (exact) mass is 242 g/mol. The molecule has 0 spiro atoms. The lowest BCUT2D eigenvalue weighted by atomic mass is 10.3. The highest BCUT2D eigenvalue weighted by molar-refractivity contribution is 9.10. The van der Waals surface area contributed by atoms with Crippen molar-refractivity contribution in [3.8, 4) is 0 Å². The number of fused-ring (bicyclic) bond motifs is 1. The standard InChI is InChI=1S/C8H7BrN2S/c1-12-8-5-3-2-4-6(9)7(5)10-11-8/h2-4H,1H3,(H,10,11). The molecule has 0 saturated carbocycles. The average Bonchev–Trinajstić information content (AvgIpc) is 2.49. The van der Waals surface area contributed by atoms with Crippen molar-refractivity contribution in [1.29, 1.82) is 0 Å². The molecule has 4 heteroatoms. The zero-order valence-electron chi connectivity index (χ0n) is 6.47. The Balaban J connectivity index is 2.80. The van der Waals surface area contributed by atoms with E-state index in [0.717, 1.165) is 15.0 Å². The van der Waals surface area contributed by atoms with Crippen LogP contribution in [0.15, 0.2) is 27.7 Å². The van der Waals surface area contributed by atoms with Crippen molar-refractivity contribution in [3.63, 3.8) is 0 Å². The molecule has 1 aromatic carbocycles. The molecule has 1 N–H and O–H groups in total. The summed E-state index contributed by atoms with van der Waals surface area (Å²) in [7, 11) is 0. The summed E-state index contributed by atoms with van der Waals surface area (Å²) in [4.78, 5) is 0. The van der Waals surface area contributed by atoms with Crippen molar-refractivity contribution >= 4 is 38.6 Å². The third-order valence-corrected chi connectivity index (χ3v) is 3.07. The van der Waals surface area contributed by atoms with E-state index in [9.17, 15) is 0 Å². The van der Waals surface area contributed by atoms with E-state index in [2.05, 4.69) is 32.2 Å². The molecule has 0 aliphatic rings. The molecule has 0 aliphatic heterocycles. The SMILES string of the molecule is CSc1n[nH]c2c(Br)cccc12. The van der Waals surface area contributed by atoms with Crippen LogP contribution in [-0.2, 0) is 0 Å². The minimum absolute atomic E-state index is 1.05. The van der Waals surface area contributed by atoms with Crippen LogP contribution in [-0.4, -0.2) is 16.5 Å². The fraction of sp³-hybridized carbons (Fsp3) is 0.125. The van der Waals surface area contributed by atoms with Crippen molar-refractivity contribution in [2.45, 2.75) is 5.03 Å². The van der Waals surface area contributed by atoms with E-state index in [0.29, 0.717) is 0 Å². The quantitative estimate of drug-likeness (QED) is 0.780. The van der Waals surface area contributed by atoms with E-state index in [1.54, 1.807) is 11.8 Å². The third-order valence-electron chi connectivity index (χ3n) is 1.71. The van der Waals surface area contributed by atoms with E-state index in [-0.39, 0.29) is 0 Å². The van der Waals surface area contributed by atoms with E-state index in [1.165, 1.54) is 5.39 Å². The number of nitrogens with one attached hydrogen (secondary N) is 1. The first-order valence-corrected chi connectivity index (χ1v) is 5.51. The molecule has 2 aromatic rings. The van der Waals surface area contributed by atoms with Crippen LogP contribution in [0.3, 0.4) is 0 Å². The number of H-pyrrole nitrogens is 1. The van der Waals surface area contributed by atoms with Gasteiger partial charge in [-0.1, -0.05) is 6.07 Å². The van der Waals surface area contributed by atoms with Crippen LogP contribution in [0.4, 0.5) is 0 Å². The van der Waals surface area contributed by atoms with Gasteiger partial charge in [0.25, 0.3) is 0 Å². The number of para-hydroxylation sites is 1. The van der Waals surface area contributed by atoms with E-state index in [4.69, 9.17) is 0 Å². The first-order valence-electron chi connectivity index (χ1n) is 3.49. The van der Waals surface area contributed by atoms with Gasteiger partial charge >= 0.3 is 0 Å². The molecule has 0 radical (unpaired) electrons. The Morgan fingerprint density at radius 1 is 1.50 bits per heavy atom. The molecule has 2 rings (SSSR count). The number of thioether (sulfide) groups is 1. The Hall–Kier alpha value is -0.480. The maximum Gasteiger partial charge on any atom is 0.126 e. The zero-order valence-corrected chi connectivity index (χ0v) is 8.87. The summed E-state index contributed by atoms with van der Waals surface area (Å²) in [6, 6.07) is 6.09. The van der Waals surface area contributed by atoms with Gasteiger partial charge < -0.3 is 0 Å². The first-order chi connectivity index (χ1) is 5.83. The number of nitrogens with zero attached hydrogens (tertiary/aromatic N) is 1. The van der Waals surface area contributed by atoms with Gasteiger partial charge in [0.15, 0.2) is 0 Å². The number of halogens is 1. The maximum absolute atomic E-state index is 4.18. The minimum atomic E-state index is 1.05. The second-order valence-corrected chi connectivity index (χ2v) is 4.04. The van der Waals surface area contributed by atoms with Gasteiger partial charge in [-0.05, 0) is 34.3 Å². The van der Waals surface area contributed by atoms with Gasteiger partial charge in [0.2, 0.25) is 0 Å². The van der Waals surface area contributed by atoms with Crippen LogP contribution in [0.1, 0.15) is 0 Å². The second-order valence-electron chi connectivity index (χ2n) is 2.40. The van der Waals surface area contributed by atoms with Crippen LogP contribution >= 0.6 is 27.7 Å². The molecule has 0 atom stereocenters. The second kappa shape index (κ2) is 3.11. The Kier molecular flexibility index (Phi) is 2.11. The Morgan fingerprint density at radius 3 is 3.08 bits per heavy atom. The summed E-state index contributed by atoms with van der Waals surface area (Å²) in [6.07, 6.45) is 2.02. The number of hydrogen-bond donors (Lipinski definition) is 1. The lowest BCUT2D eigenvalue weighted by molar-refractivity contribution is 1.02. The van der Waals surface area contributed by atoms with Crippen LogP contribution in [0, 0.1) is 0 Å². The predicted octanol–water partition coefficient (Wildman–Crippen LogP) is 3.05. The van der Waals surface area contributed by atoms with Crippen molar-refractivity contribution < 1.29 is 0 Å². The topological polar surface area (TPSA) is 28.7 Å². The fourth-order valence-corrected chi connectivity index (χ4v) is 2.12. The lowest BCUT2D eigenvalue weighted by Crippen LogP contribution is -1.69. The minimum Gasteiger partial charge on any atom is -0.276 e. The number of aromatic nitrogens is 2. The number of rotatable bonds is 1. The van der Waals surface area contributed by atoms with E-state index >= 15 is 0 Å². The van der Waals surface area contributed by atoms with Crippen molar-refractivity contribution in [1.82, 2.24) is 10.2 Å². The molecule has 62 valence electrons. The third kappa shape index (κ3) is 1.15. The maximum atomic E-state index is 4.18. The van der Waals surface area contributed by atoms with Gasteiger partial charge in [0.1, 0.15) is 5.03 Å². The van der Waals surface area contributed by atoms with Crippen molar-refractivity contribution in [2.24, 2.45) is 0 Å². The van der Waals surface area contributed by atoms with Crippen LogP contribution in [0.5, 0.6) is 0 Å². The van der Waals surface area contributed by atoms with Crippen LogP contribution < -0.4 is 0 Å². The van der Waals surface area contributed by atoms with Gasteiger partial charge in [-0.3, -0.25) is 5.10 Å². The van der Waals surface area contributed by atoms with Gasteiger partial charge in [0.05, 0.1) is 5.52 Å². The summed E-state index contributed by atoms with van der Waals surface area (Å²) >= 11 is 5.11. The molecule has 0 aliphatic carbocycles. The van der Waals surface area contributed by atoms with Gasteiger partial charge in [-0.25, -0.2) is 0 Å². The Bertz CT molecular complexity index is 410. The molecule has 0 amide bonds. The number of hydrogen-bond acceptors (Lipinski definition) is 2. The highest BCUT2D eigenvalue weighted by atomic mass is 79.9. The molecular formula is C8H7BrN2S. The number of aromatic amines is 1. The molecule has 0 unspecified atom stereocenters. The molecule has 0 fully saturated rings. The fourth-order valence-electron chi connectivity index (χ4n) is 1.14. The van der Waals surface area contributed by atoms with E-state index < -0.39 is 0 Å². The smallest absolute Gasteiger partial charge is 0.126 e. The molecule has 0 bridgehead atoms. The van der Waals surface area contributed by atoms with Gasteiger partial charge in [0, 0.05) is 9.86 Å². The summed E-state index contributed by atoms with van der Waals surface area (Å²) in [5.74, 6) is 0. The highest BCUT2D eigenvalue weighted by Crippen LogP contribution is 2.28. The Labute approximate surface area is 82.9 Å². The molecule has 0 saturated heterocycles. The van der Waals surface area contributed by atoms with Gasteiger partial charge in [-0.15, -0.1) is 11.8 Å². The molecule has 12 heavy (non-hydrogen) atoms. The normalized spacial score (nSPS) is 10.8. The highest BCUT2D eigenvalue weighted by Gasteiger charge is 2.05. The molecule has 2 nitrogen and oxygen atoms in total. The number of benzene rings is 1. The van der Waals surface area contributed by atoms with Crippen LogP contribution in [0.2, 0.25) is 0 Å². The summed E-state index contributed by atoms with van der Waals surface area (Å²) in [6.45, 7) is 0. The molecule has 1 aromatic heterocycles. The lowest BCUT2D eigenvalue weighted by Gasteiger charge is -1.92. The summed E-state index contributed by atoms with van der Waals surface area (Å²) in [5, 5.41) is 9.40. The molecule has 1 heterocycles. The zero-order chi connectivity index (χ0) is 8.55. The van der Waals surface area contributed by atoms with Crippen molar-refractivity contribution in [2.75, 3.05) is 6.26 Å². The summed E-state index contributed by atoms with van der Waals surface area (Å²) in [5.41, 5.74) is 1.07. The average molecular weight is 243 g/mol. The van der Waals surface area contributed by atoms with Crippen LogP contribution in [0.25, 0.3) is 10.9 Å². The van der Waals surface area contributed by atoms with Crippen molar-refractivity contribution in [3.05, 3.63) is 22.7 Å². The molecular weight excluding hydrogens is 236 g/mol. The van der Waals surface area contributed by atoms with Gasteiger partial charge in [-0.2, -0.15) is 5.10 Å². The largest absolute Gasteiger partial charge is 0.276 e. The first kappa shape index (κ1) is 8.13.